The van der Waals surface area contributed by atoms with Crippen molar-refractivity contribution in [2.24, 2.45) is 0 Å². The van der Waals surface area contributed by atoms with Crippen LogP contribution in [0.4, 0.5) is 4.39 Å². The minimum Gasteiger partial charge on any atom is -0.385 e. The molecule has 16 heavy (non-hydrogen) atoms. The van der Waals surface area contributed by atoms with E-state index in [2.05, 4.69) is 0 Å². The topological polar surface area (TPSA) is 20.2 Å². The molecule has 0 saturated heterocycles. The van der Waals surface area contributed by atoms with Gasteiger partial charge in [-0.1, -0.05) is 29.8 Å². The fourth-order valence-electron chi connectivity index (χ4n) is 2.06. The van der Waals surface area contributed by atoms with Crippen molar-refractivity contribution < 1.29 is 9.50 Å². The first-order valence-corrected chi connectivity index (χ1v) is 5.81. The summed E-state index contributed by atoms with van der Waals surface area (Å²) in [7, 11) is 0. The van der Waals surface area contributed by atoms with Crippen LogP contribution in [0.15, 0.2) is 30.4 Å². The van der Waals surface area contributed by atoms with Gasteiger partial charge in [0.2, 0.25) is 0 Å². The second kappa shape index (κ2) is 4.56. The van der Waals surface area contributed by atoms with Gasteiger partial charge in [-0.05, 0) is 37.0 Å². The molecule has 1 atom stereocenters. The van der Waals surface area contributed by atoms with Crippen LogP contribution in [0.25, 0.3) is 0 Å². The lowest BCUT2D eigenvalue weighted by Crippen LogP contribution is -2.30. The number of allylic oxidation sites excluding steroid dienone is 1. The molecule has 86 valence electrons. The Morgan fingerprint density at radius 2 is 2.25 bits per heavy atom. The number of halogens is 2. The van der Waals surface area contributed by atoms with Crippen molar-refractivity contribution in [1.29, 1.82) is 0 Å². The lowest BCUT2D eigenvalue weighted by molar-refractivity contribution is 0.0751. The molecule has 1 aliphatic rings. The third-order valence-corrected chi connectivity index (χ3v) is 3.19. The van der Waals surface area contributed by atoms with Gasteiger partial charge in [0.05, 0.1) is 10.6 Å². The van der Waals surface area contributed by atoms with Gasteiger partial charge in [0.1, 0.15) is 5.82 Å². The quantitative estimate of drug-likeness (QED) is 0.785. The van der Waals surface area contributed by atoms with Gasteiger partial charge < -0.3 is 5.11 Å². The molecule has 0 fully saturated rings. The van der Waals surface area contributed by atoms with Gasteiger partial charge >= 0.3 is 0 Å². The highest BCUT2D eigenvalue weighted by atomic mass is 35.5. The molecule has 0 spiro atoms. The number of hydrogen-bond acceptors (Lipinski definition) is 1. The third-order valence-electron chi connectivity index (χ3n) is 2.90. The van der Waals surface area contributed by atoms with Crippen molar-refractivity contribution in [2.45, 2.75) is 31.3 Å². The minimum absolute atomic E-state index is 0.112. The maximum absolute atomic E-state index is 13.0. The molecule has 2 rings (SSSR count). The lowest BCUT2D eigenvalue weighted by Gasteiger charge is -2.27. The molecule has 1 aromatic rings. The highest BCUT2D eigenvalue weighted by molar-refractivity contribution is 6.30. The van der Waals surface area contributed by atoms with Crippen LogP contribution < -0.4 is 0 Å². The third kappa shape index (κ3) is 2.63. The Hall–Kier alpha value is -0.860. The zero-order chi connectivity index (χ0) is 11.6. The van der Waals surface area contributed by atoms with Crippen LogP contribution in [0.3, 0.4) is 0 Å². The fourth-order valence-corrected chi connectivity index (χ4v) is 2.27. The fraction of sp³-hybridized carbons (Fsp3) is 0.385. The van der Waals surface area contributed by atoms with Crippen LogP contribution in [0.2, 0.25) is 5.02 Å². The van der Waals surface area contributed by atoms with Crippen LogP contribution in [0, 0.1) is 5.82 Å². The summed E-state index contributed by atoms with van der Waals surface area (Å²) < 4.78 is 13.0. The Morgan fingerprint density at radius 1 is 1.44 bits per heavy atom. The van der Waals surface area contributed by atoms with Crippen molar-refractivity contribution >= 4 is 11.6 Å². The highest BCUT2D eigenvalue weighted by Crippen LogP contribution is 2.27. The average Bonchev–Trinajstić information content (AvgIpc) is 2.24. The molecule has 1 aromatic carbocycles. The van der Waals surface area contributed by atoms with Crippen molar-refractivity contribution in [2.75, 3.05) is 0 Å². The van der Waals surface area contributed by atoms with E-state index in [-0.39, 0.29) is 5.02 Å². The maximum Gasteiger partial charge on any atom is 0.141 e. The summed E-state index contributed by atoms with van der Waals surface area (Å²) in [5.74, 6) is -0.420. The Labute approximate surface area is 99.6 Å². The number of benzene rings is 1. The summed E-state index contributed by atoms with van der Waals surface area (Å²) >= 11 is 5.70. The van der Waals surface area contributed by atoms with Gasteiger partial charge in [-0.2, -0.15) is 0 Å². The first-order chi connectivity index (χ1) is 7.59. The Balaban J connectivity index is 2.17. The molecule has 1 unspecified atom stereocenters. The molecule has 1 aliphatic carbocycles. The van der Waals surface area contributed by atoms with Gasteiger partial charge in [0.15, 0.2) is 0 Å². The standard InChI is InChI=1S/C13H14ClFO/c14-11-8-10(4-5-12(11)15)9-13(16)6-2-1-3-7-13/h2,4-6,8,16H,1,3,7,9H2. The van der Waals surface area contributed by atoms with Crippen LogP contribution in [-0.2, 0) is 6.42 Å². The summed E-state index contributed by atoms with van der Waals surface area (Å²) in [5.41, 5.74) is 0.0693. The van der Waals surface area contributed by atoms with Crippen LogP contribution >= 0.6 is 11.6 Å². The zero-order valence-electron chi connectivity index (χ0n) is 8.92. The van der Waals surface area contributed by atoms with Crippen molar-refractivity contribution in [3.8, 4) is 0 Å². The SMILES string of the molecule is OC1(Cc2ccc(F)c(Cl)c2)C=CCCC1. The van der Waals surface area contributed by atoms with E-state index in [9.17, 15) is 9.50 Å². The van der Waals surface area contributed by atoms with E-state index in [4.69, 9.17) is 11.6 Å². The zero-order valence-corrected chi connectivity index (χ0v) is 9.67. The van der Waals surface area contributed by atoms with Crippen molar-refractivity contribution in [3.05, 3.63) is 46.8 Å². The molecule has 1 N–H and O–H groups in total. The summed E-state index contributed by atoms with van der Waals surface area (Å²) in [5, 5.41) is 10.4. The van der Waals surface area contributed by atoms with E-state index in [1.807, 2.05) is 12.2 Å². The predicted octanol–water partition coefficient (Wildman–Crippen LogP) is 3.49. The van der Waals surface area contributed by atoms with E-state index >= 15 is 0 Å². The first-order valence-electron chi connectivity index (χ1n) is 5.43. The van der Waals surface area contributed by atoms with Crippen molar-refractivity contribution in [3.63, 3.8) is 0 Å². The van der Waals surface area contributed by atoms with E-state index < -0.39 is 11.4 Å². The minimum atomic E-state index is -0.792. The molecule has 0 heterocycles. The number of hydrogen-bond donors (Lipinski definition) is 1. The van der Waals surface area contributed by atoms with Gasteiger partial charge in [0, 0.05) is 6.42 Å². The monoisotopic (exact) mass is 240 g/mol. The normalized spacial score (nSPS) is 24.7. The van der Waals surface area contributed by atoms with Gasteiger partial charge in [-0.3, -0.25) is 0 Å². The van der Waals surface area contributed by atoms with Crippen LogP contribution in [0.5, 0.6) is 0 Å². The lowest BCUT2D eigenvalue weighted by atomic mass is 9.85. The molecular weight excluding hydrogens is 227 g/mol. The predicted molar refractivity (Wildman–Crippen MR) is 63.1 cm³/mol. The molecule has 0 radical (unpaired) electrons. The van der Waals surface area contributed by atoms with E-state index in [1.165, 1.54) is 6.07 Å². The van der Waals surface area contributed by atoms with Gasteiger partial charge in [0.25, 0.3) is 0 Å². The van der Waals surface area contributed by atoms with Crippen LogP contribution in [-0.4, -0.2) is 10.7 Å². The molecule has 0 aromatic heterocycles. The number of rotatable bonds is 2. The molecular formula is C13H14ClFO. The second-order valence-corrected chi connectivity index (χ2v) is 4.73. The molecule has 0 saturated carbocycles. The number of aliphatic hydroxyl groups is 1. The summed E-state index contributed by atoms with van der Waals surface area (Å²) in [6, 6.07) is 4.59. The smallest absolute Gasteiger partial charge is 0.141 e. The first kappa shape index (κ1) is 11.6. The van der Waals surface area contributed by atoms with Gasteiger partial charge in [-0.25, -0.2) is 4.39 Å². The van der Waals surface area contributed by atoms with E-state index in [0.29, 0.717) is 6.42 Å². The Morgan fingerprint density at radius 3 is 2.88 bits per heavy atom. The average molecular weight is 241 g/mol. The molecule has 3 heteroatoms. The highest BCUT2D eigenvalue weighted by Gasteiger charge is 2.25. The molecule has 0 bridgehead atoms. The largest absolute Gasteiger partial charge is 0.385 e. The van der Waals surface area contributed by atoms with E-state index in [0.717, 1.165) is 24.8 Å². The summed E-state index contributed by atoms with van der Waals surface area (Å²) in [4.78, 5) is 0. The molecule has 0 amide bonds. The Kier molecular flexibility index (Phi) is 3.31. The second-order valence-electron chi connectivity index (χ2n) is 4.32. The summed E-state index contributed by atoms with van der Waals surface area (Å²) in [6.45, 7) is 0. The van der Waals surface area contributed by atoms with Crippen LogP contribution in [0.1, 0.15) is 24.8 Å². The van der Waals surface area contributed by atoms with Crippen molar-refractivity contribution in [1.82, 2.24) is 0 Å². The maximum atomic E-state index is 13.0. The van der Waals surface area contributed by atoms with E-state index in [1.54, 1.807) is 12.1 Å². The molecule has 1 nitrogen and oxygen atoms in total. The van der Waals surface area contributed by atoms with Gasteiger partial charge in [-0.15, -0.1) is 0 Å². The summed E-state index contributed by atoms with van der Waals surface area (Å²) in [6.07, 6.45) is 7.08. The Bertz CT molecular complexity index is 416. The molecule has 0 aliphatic heterocycles.